The van der Waals surface area contributed by atoms with Crippen molar-refractivity contribution in [1.29, 1.82) is 0 Å². The molecule has 0 saturated heterocycles. The maximum Gasteiger partial charge on any atom is 0.279 e. The van der Waals surface area contributed by atoms with Gasteiger partial charge in [0.15, 0.2) is 12.3 Å². The third-order valence-corrected chi connectivity index (χ3v) is 3.40. The zero-order chi connectivity index (χ0) is 15.4. The summed E-state index contributed by atoms with van der Waals surface area (Å²) in [5.41, 5.74) is 3.11. The summed E-state index contributed by atoms with van der Waals surface area (Å²) in [5.74, 6) is 1.83. The molecule has 0 aliphatic carbocycles. The van der Waals surface area contributed by atoms with Crippen LogP contribution in [0.25, 0.3) is 0 Å². The molecule has 0 spiro atoms. The number of furan rings is 1. The van der Waals surface area contributed by atoms with Gasteiger partial charge in [-0.2, -0.15) is 0 Å². The molecular formula is C17H23N2O2+. The van der Waals surface area contributed by atoms with Gasteiger partial charge in [-0.05, 0) is 50.1 Å². The smallest absolute Gasteiger partial charge is 0.279 e. The molecule has 0 radical (unpaired) electrons. The molecule has 0 bridgehead atoms. The van der Waals surface area contributed by atoms with Crippen LogP contribution in [0.15, 0.2) is 34.7 Å². The van der Waals surface area contributed by atoms with Crippen LogP contribution < -0.4 is 10.2 Å². The van der Waals surface area contributed by atoms with Crippen molar-refractivity contribution < 1.29 is 14.1 Å². The van der Waals surface area contributed by atoms with E-state index < -0.39 is 0 Å². The van der Waals surface area contributed by atoms with Crippen LogP contribution >= 0.6 is 0 Å². The molecule has 2 rings (SSSR count). The van der Waals surface area contributed by atoms with Crippen molar-refractivity contribution >= 4 is 11.6 Å². The molecule has 112 valence electrons. The van der Waals surface area contributed by atoms with E-state index in [4.69, 9.17) is 4.42 Å². The first-order valence-corrected chi connectivity index (χ1v) is 7.18. The highest BCUT2D eigenvalue weighted by Crippen LogP contribution is 2.15. The van der Waals surface area contributed by atoms with Crippen LogP contribution in [-0.4, -0.2) is 19.5 Å². The molecule has 1 aromatic heterocycles. The largest absolute Gasteiger partial charge is 0.460 e. The molecule has 2 N–H and O–H groups in total. The predicted molar refractivity (Wildman–Crippen MR) is 83.4 cm³/mol. The highest BCUT2D eigenvalue weighted by Gasteiger charge is 2.13. The third kappa shape index (κ3) is 4.46. The Labute approximate surface area is 125 Å². The lowest BCUT2D eigenvalue weighted by Crippen LogP contribution is -3.08. The normalized spacial score (nSPS) is 12.2. The number of quaternary nitrogens is 1. The van der Waals surface area contributed by atoms with Crippen LogP contribution in [0.5, 0.6) is 0 Å². The summed E-state index contributed by atoms with van der Waals surface area (Å²) in [6, 6.07) is 9.97. The molecule has 0 aliphatic heterocycles. The number of likely N-dealkylation sites (N-methyl/N-ethyl adjacent to an activating group) is 1. The van der Waals surface area contributed by atoms with E-state index in [0.29, 0.717) is 13.1 Å². The first kappa shape index (κ1) is 15.3. The van der Waals surface area contributed by atoms with Gasteiger partial charge in [0.05, 0.1) is 7.05 Å². The van der Waals surface area contributed by atoms with Crippen molar-refractivity contribution in [3.8, 4) is 0 Å². The molecule has 0 fully saturated rings. The standard InChI is InChI=1S/C17H22N2O2/c1-12-5-6-13(2)16(9-12)18-17(20)11-19(4)10-15-8-7-14(3)21-15/h5-9H,10-11H2,1-4H3,(H,18,20)/p+1. The molecule has 0 saturated carbocycles. The second-order valence-corrected chi connectivity index (χ2v) is 5.69. The lowest BCUT2D eigenvalue weighted by molar-refractivity contribution is -0.886. The summed E-state index contributed by atoms with van der Waals surface area (Å²) in [6.45, 7) is 7.05. The van der Waals surface area contributed by atoms with E-state index in [0.717, 1.165) is 33.2 Å². The second-order valence-electron chi connectivity index (χ2n) is 5.69. The average Bonchev–Trinajstić information content (AvgIpc) is 2.79. The van der Waals surface area contributed by atoms with Crippen molar-refractivity contribution in [3.05, 3.63) is 53.0 Å². The lowest BCUT2D eigenvalue weighted by atomic mass is 10.1. The number of hydrogen-bond donors (Lipinski definition) is 2. The Morgan fingerprint density at radius 3 is 2.62 bits per heavy atom. The zero-order valence-corrected chi connectivity index (χ0v) is 13.1. The van der Waals surface area contributed by atoms with Gasteiger partial charge in [-0.15, -0.1) is 0 Å². The summed E-state index contributed by atoms with van der Waals surface area (Å²) in [5, 5.41) is 2.98. The van der Waals surface area contributed by atoms with Crippen LogP contribution in [0.1, 0.15) is 22.6 Å². The highest BCUT2D eigenvalue weighted by atomic mass is 16.3. The Balaban J connectivity index is 1.90. The summed E-state index contributed by atoms with van der Waals surface area (Å²) < 4.78 is 5.54. The molecule has 1 amide bonds. The minimum atomic E-state index is 0.0180. The number of amides is 1. The van der Waals surface area contributed by atoms with E-state index in [9.17, 15) is 4.79 Å². The second kappa shape index (κ2) is 6.59. The fourth-order valence-electron chi connectivity index (χ4n) is 2.28. The predicted octanol–water partition coefficient (Wildman–Crippen LogP) is 1.86. The lowest BCUT2D eigenvalue weighted by Gasteiger charge is -2.14. The van der Waals surface area contributed by atoms with Gasteiger partial charge in [-0.3, -0.25) is 4.79 Å². The van der Waals surface area contributed by atoms with Crippen LogP contribution in [0, 0.1) is 20.8 Å². The summed E-state index contributed by atoms with van der Waals surface area (Å²) in [7, 11) is 1.99. The minimum absolute atomic E-state index is 0.0180. The molecule has 2 aromatic rings. The fraction of sp³-hybridized carbons (Fsp3) is 0.353. The van der Waals surface area contributed by atoms with Gasteiger partial charge in [-0.1, -0.05) is 12.1 Å². The molecule has 4 heteroatoms. The highest BCUT2D eigenvalue weighted by molar-refractivity contribution is 5.92. The Morgan fingerprint density at radius 1 is 1.19 bits per heavy atom. The number of anilines is 1. The van der Waals surface area contributed by atoms with Gasteiger partial charge in [0.2, 0.25) is 0 Å². The van der Waals surface area contributed by atoms with E-state index in [1.54, 1.807) is 0 Å². The maximum absolute atomic E-state index is 12.1. The van der Waals surface area contributed by atoms with Gasteiger partial charge < -0.3 is 14.6 Å². The van der Waals surface area contributed by atoms with Gasteiger partial charge in [0.1, 0.15) is 12.3 Å². The quantitative estimate of drug-likeness (QED) is 0.882. The van der Waals surface area contributed by atoms with E-state index in [1.165, 1.54) is 0 Å². The van der Waals surface area contributed by atoms with Crippen molar-refractivity contribution in [2.24, 2.45) is 0 Å². The summed E-state index contributed by atoms with van der Waals surface area (Å²) >= 11 is 0. The van der Waals surface area contributed by atoms with E-state index >= 15 is 0 Å². The number of carbonyl (C=O) groups is 1. The first-order chi connectivity index (χ1) is 9.94. The maximum atomic E-state index is 12.1. The monoisotopic (exact) mass is 287 g/mol. The Kier molecular flexibility index (Phi) is 4.81. The van der Waals surface area contributed by atoms with Crippen molar-refractivity contribution in [2.75, 3.05) is 18.9 Å². The molecule has 4 nitrogen and oxygen atoms in total. The molecule has 0 aliphatic rings. The van der Waals surface area contributed by atoms with Crippen LogP contribution in [-0.2, 0) is 11.3 Å². The number of nitrogens with one attached hydrogen (secondary N) is 2. The topological polar surface area (TPSA) is 46.7 Å². The van der Waals surface area contributed by atoms with Crippen LogP contribution in [0.3, 0.4) is 0 Å². The van der Waals surface area contributed by atoms with Crippen LogP contribution in [0.2, 0.25) is 0 Å². The number of rotatable bonds is 5. The minimum Gasteiger partial charge on any atom is -0.460 e. The number of carbonyl (C=O) groups excluding carboxylic acids is 1. The van der Waals surface area contributed by atoms with Crippen molar-refractivity contribution in [2.45, 2.75) is 27.3 Å². The van der Waals surface area contributed by atoms with Crippen molar-refractivity contribution in [1.82, 2.24) is 0 Å². The fourth-order valence-corrected chi connectivity index (χ4v) is 2.28. The Hall–Kier alpha value is -2.07. The van der Waals surface area contributed by atoms with Crippen molar-refractivity contribution in [3.63, 3.8) is 0 Å². The number of benzene rings is 1. The Bertz CT molecular complexity index is 631. The van der Waals surface area contributed by atoms with Crippen LogP contribution in [0.4, 0.5) is 5.69 Å². The molecular weight excluding hydrogens is 264 g/mol. The number of hydrogen-bond acceptors (Lipinski definition) is 2. The number of aryl methyl sites for hydroxylation is 3. The molecule has 1 unspecified atom stereocenters. The van der Waals surface area contributed by atoms with E-state index in [1.807, 2.05) is 58.2 Å². The van der Waals surface area contributed by atoms with Gasteiger partial charge >= 0.3 is 0 Å². The molecule has 1 aromatic carbocycles. The molecule has 1 heterocycles. The zero-order valence-electron chi connectivity index (χ0n) is 13.1. The third-order valence-electron chi connectivity index (χ3n) is 3.40. The summed E-state index contributed by atoms with van der Waals surface area (Å²) in [6.07, 6.45) is 0. The molecule has 21 heavy (non-hydrogen) atoms. The average molecular weight is 287 g/mol. The SMILES string of the molecule is Cc1ccc(C)c(NC(=O)C[NH+](C)Cc2ccc(C)o2)c1. The van der Waals surface area contributed by atoms with Gasteiger partial charge in [0.25, 0.3) is 5.91 Å². The van der Waals surface area contributed by atoms with Gasteiger partial charge in [-0.25, -0.2) is 0 Å². The van der Waals surface area contributed by atoms with E-state index in [-0.39, 0.29) is 5.91 Å². The summed E-state index contributed by atoms with van der Waals surface area (Å²) in [4.78, 5) is 13.2. The Morgan fingerprint density at radius 2 is 1.95 bits per heavy atom. The first-order valence-electron chi connectivity index (χ1n) is 7.18. The van der Waals surface area contributed by atoms with Gasteiger partial charge in [0, 0.05) is 5.69 Å². The molecule has 1 atom stereocenters. The van der Waals surface area contributed by atoms with E-state index in [2.05, 4.69) is 5.32 Å².